The van der Waals surface area contributed by atoms with Crippen LogP contribution in [0.5, 0.6) is 0 Å². The molecule has 4 aromatic rings. The average Bonchev–Trinajstić information content (AvgIpc) is 3.19. The van der Waals surface area contributed by atoms with Crippen molar-refractivity contribution in [2.45, 2.75) is 0 Å². The van der Waals surface area contributed by atoms with Crippen LogP contribution < -0.4 is 5.32 Å². The Balaban J connectivity index is 1.62. The van der Waals surface area contributed by atoms with Gasteiger partial charge in [0, 0.05) is 25.0 Å². The van der Waals surface area contributed by atoms with Crippen LogP contribution in [0, 0.1) is 0 Å². The fraction of sp³-hybridized carbons (Fsp3) is 0.0588. The number of halogens is 1. The molecule has 8 heteroatoms. The van der Waals surface area contributed by atoms with Gasteiger partial charge in [-0.1, -0.05) is 29.8 Å². The summed E-state index contributed by atoms with van der Waals surface area (Å²) in [4.78, 5) is 21.1. The van der Waals surface area contributed by atoms with Gasteiger partial charge in [0.25, 0.3) is 5.91 Å². The van der Waals surface area contributed by atoms with Crippen LogP contribution in [0.3, 0.4) is 0 Å². The number of hydrogen-bond acceptors (Lipinski definition) is 4. The molecule has 3 heterocycles. The predicted molar refractivity (Wildman–Crippen MR) is 94.6 cm³/mol. The Morgan fingerprint density at radius 3 is 2.72 bits per heavy atom. The Labute approximate surface area is 147 Å². The Kier molecular flexibility index (Phi) is 3.70. The van der Waals surface area contributed by atoms with E-state index in [9.17, 15) is 4.79 Å². The number of carbonyl (C=O) groups excluding carboxylic acids is 1. The maximum absolute atomic E-state index is 12.5. The van der Waals surface area contributed by atoms with E-state index in [-0.39, 0.29) is 5.91 Å². The zero-order valence-electron chi connectivity index (χ0n) is 13.2. The third kappa shape index (κ3) is 2.85. The van der Waals surface area contributed by atoms with Crippen molar-refractivity contribution in [2.75, 3.05) is 5.32 Å². The maximum Gasteiger partial charge on any atom is 0.278 e. The minimum absolute atomic E-state index is 0.300. The molecular formula is C17H13ClN6O. The summed E-state index contributed by atoms with van der Waals surface area (Å²) < 4.78 is 3.27. The third-order valence-electron chi connectivity index (χ3n) is 3.70. The zero-order valence-corrected chi connectivity index (χ0v) is 14.0. The number of carbonyl (C=O) groups is 1. The van der Waals surface area contributed by atoms with Crippen LogP contribution in [0.2, 0.25) is 5.02 Å². The van der Waals surface area contributed by atoms with Crippen LogP contribution in [-0.2, 0) is 7.05 Å². The number of fused-ring (bicyclic) bond motifs is 1. The molecule has 0 saturated heterocycles. The molecule has 0 bridgehead atoms. The molecular weight excluding hydrogens is 340 g/mol. The molecule has 124 valence electrons. The first-order valence-electron chi connectivity index (χ1n) is 7.53. The van der Waals surface area contributed by atoms with E-state index in [4.69, 9.17) is 11.6 Å². The molecule has 0 aliphatic rings. The van der Waals surface area contributed by atoms with Crippen molar-refractivity contribution in [2.24, 2.45) is 7.05 Å². The summed E-state index contributed by atoms with van der Waals surface area (Å²) >= 11 is 6.18. The number of aromatic nitrogens is 5. The second-order valence-corrected chi connectivity index (χ2v) is 5.82. The minimum Gasteiger partial charge on any atom is -0.306 e. The van der Waals surface area contributed by atoms with Crippen LogP contribution in [0.15, 0.2) is 54.9 Å². The molecule has 1 aromatic carbocycles. The van der Waals surface area contributed by atoms with Crippen molar-refractivity contribution in [3.8, 4) is 11.4 Å². The maximum atomic E-state index is 12.5. The summed E-state index contributed by atoms with van der Waals surface area (Å²) in [7, 11) is 1.70. The molecule has 1 N–H and O–H groups in total. The topological polar surface area (TPSA) is 77.1 Å². The van der Waals surface area contributed by atoms with Crippen LogP contribution in [0.4, 0.5) is 5.95 Å². The SMILES string of the molecule is Cn1nc(-c2ccccc2Cl)nc1NC(=O)c1cn2ccccc2n1. The van der Waals surface area contributed by atoms with E-state index in [0.29, 0.717) is 33.7 Å². The van der Waals surface area contributed by atoms with Gasteiger partial charge in [-0.05, 0) is 24.3 Å². The number of hydrogen-bond donors (Lipinski definition) is 1. The van der Waals surface area contributed by atoms with Gasteiger partial charge in [0.1, 0.15) is 11.3 Å². The molecule has 0 aliphatic heterocycles. The lowest BCUT2D eigenvalue weighted by Crippen LogP contribution is -2.15. The van der Waals surface area contributed by atoms with Crippen LogP contribution in [-0.4, -0.2) is 30.1 Å². The lowest BCUT2D eigenvalue weighted by molar-refractivity contribution is 0.102. The Hall–Kier alpha value is -3.19. The number of aryl methyl sites for hydroxylation is 1. The lowest BCUT2D eigenvalue weighted by Gasteiger charge is -2.00. The first-order chi connectivity index (χ1) is 12.1. The van der Waals surface area contributed by atoms with Gasteiger partial charge in [-0.2, -0.15) is 4.98 Å². The molecule has 0 atom stereocenters. The van der Waals surface area contributed by atoms with E-state index in [2.05, 4.69) is 20.4 Å². The van der Waals surface area contributed by atoms with Crippen molar-refractivity contribution in [1.82, 2.24) is 24.1 Å². The van der Waals surface area contributed by atoms with Gasteiger partial charge in [-0.3, -0.25) is 10.1 Å². The predicted octanol–water partition coefficient (Wildman–Crippen LogP) is 3.04. The zero-order chi connectivity index (χ0) is 17.4. The Morgan fingerprint density at radius 1 is 1.12 bits per heavy atom. The molecule has 0 aliphatic carbocycles. The van der Waals surface area contributed by atoms with E-state index >= 15 is 0 Å². The van der Waals surface area contributed by atoms with Crippen molar-refractivity contribution < 1.29 is 4.79 Å². The molecule has 7 nitrogen and oxygen atoms in total. The van der Waals surface area contributed by atoms with Crippen molar-refractivity contribution in [3.05, 3.63) is 65.6 Å². The number of rotatable bonds is 3. The summed E-state index contributed by atoms with van der Waals surface area (Å²) in [6.45, 7) is 0. The van der Waals surface area contributed by atoms with Gasteiger partial charge in [0.15, 0.2) is 5.82 Å². The second-order valence-electron chi connectivity index (χ2n) is 5.41. The molecule has 3 aromatic heterocycles. The minimum atomic E-state index is -0.357. The Bertz CT molecular complexity index is 1050. The van der Waals surface area contributed by atoms with Gasteiger partial charge in [0.2, 0.25) is 5.95 Å². The molecule has 0 radical (unpaired) electrons. The highest BCUT2D eigenvalue weighted by Gasteiger charge is 2.16. The molecule has 0 saturated carbocycles. The largest absolute Gasteiger partial charge is 0.306 e. The van der Waals surface area contributed by atoms with E-state index in [1.807, 2.05) is 42.6 Å². The number of imidazole rings is 1. The van der Waals surface area contributed by atoms with E-state index < -0.39 is 0 Å². The molecule has 1 amide bonds. The van der Waals surface area contributed by atoms with Crippen LogP contribution in [0.1, 0.15) is 10.5 Å². The van der Waals surface area contributed by atoms with Crippen molar-refractivity contribution >= 4 is 29.1 Å². The number of pyridine rings is 1. The highest BCUT2D eigenvalue weighted by Crippen LogP contribution is 2.25. The molecule has 0 unspecified atom stereocenters. The highest BCUT2D eigenvalue weighted by atomic mass is 35.5. The lowest BCUT2D eigenvalue weighted by atomic mass is 10.2. The number of nitrogens with one attached hydrogen (secondary N) is 1. The summed E-state index contributed by atoms with van der Waals surface area (Å²) in [6.07, 6.45) is 3.49. The number of amides is 1. The van der Waals surface area contributed by atoms with Gasteiger partial charge < -0.3 is 4.40 Å². The Morgan fingerprint density at radius 2 is 1.92 bits per heavy atom. The summed E-state index contributed by atoms with van der Waals surface area (Å²) in [5.41, 5.74) is 1.70. The number of benzene rings is 1. The average molecular weight is 353 g/mol. The normalized spacial score (nSPS) is 11.0. The summed E-state index contributed by atoms with van der Waals surface area (Å²) in [5.74, 6) is 0.403. The van der Waals surface area contributed by atoms with Gasteiger partial charge in [-0.15, -0.1) is 5.10 Å². The molecule has 25 heavy (non-hydrogen) atoms. The van der Waals surface area contributed by atoms with Crippen molar-refractivity contribution in [1.29, 1.82) is 0 Å². The third-order valence-corrected chi connectivity index (χ3v) is 4.03. The van der Waals surface area contributed by atoms with Gasteiger partial charge in [-0.25, -0.2) is 9.67 Å². The fourth-order valence-electron chi connectivity index (χ4n) is 2.46. The molecule has 0 spiro atoms. The smallest absolute Gasteiger partial charge is 0.278 e. The summed E-state index contributed by atoms with van der Waals surface area (Å²) in [5, 5.41) is 7.59. The van der Waals surface area contributed by atoms with E-state index in [0.717, 1.165) is 0 Å². The molecule has 0 fully saturated rings. The van der Waals surface area contributed by atoms with E-state index in [1.165, 1.54) is 4.68 Å². The van der Waals surface area contributed by atoms with Gasteiger partial charge >= 0.3 is 0 Å². The van der Waals surface area contributed by atoms with Gasteiger partial charge in [0.05, 0.1) is 5.02 Å². The monoisotopic (exact) mass is 352 g/mol. The second kappa shape index (κ2) is 6.03. The number of nitrogens with zero attached hydrogens (tertiary/aromatic N) is 5. The van der Waals surface area contributed by atoms with E-state index in [1.54, 1.807) is 23.7 Å². The first-order valence-corrected chi connectivity index (χ1v) is 7.90. The summed E-state index contributed by atoms with van der Waals surface area (Å²) in [6, 6.07) is 12.8. The van der Waals surface area contributed by atoms with Crippen LogP contribution in [0.25, 0.3) is 17.0 Å². The van der Waals surface area contributed by atoms with Crippen LogP contribution >= 0.6 is 11.6 Å². The van der Waals surface area contributed by atoms with Crippen molar-refractivity contribution in [3.63, 3.8) is 0 Å². The molecule has 4 rings (SSSR count). The fourth-order valence-corrected chi connectivity index (χ4v) is 2.68. The first kappa shape index (κ1) is 15.3. The highest BCUT2D eigenvalue weighted by molar-refractivity contribution is 6.33. The quantitative estimate of drug-likeness (QED) is 0.614. The number of anilines is 1. The standard InChI is InChI=1S/C17H13ClN6O/c1-23-17(20-15(22-23)11-6-2-3-7-12(11)18)21-16(25)13-10-24-9-5-4-8-14(24)19-13/h2-10H,1H3,(H,20,21,22,25).